The highest BCUT2D eigenvalue weighted by Gasteiger charge is 2.16. The third-order valence-electron chi connectivity index (χ3n) is 4.45. The Morgan fingerprint density at radius 3 is 2.55 bits per heavy atom. The van der Waals surface area contributed by atoms with Gasteiger partial charge < -0.3 is 19.5 Å². The van der Waals surface area contributed by atoms with Crippen LogP contribution in [0.4, 0.5) is 5.69 Å². The predicted octanol–water partition coefficient (Wildman–Crippen LogP) is 4.60. The number of nitriles is 1. The average molecular weight is 422 g/mol. The standard InChI is InChI=1S/C24H26N2O5/c1-4-5-8-13-31-21-12-11-17(15-22(21)29-2)14-18(16-25)23(27)26-20-10-7-6-9-19(20)24(28)30-3/h6-7,9-12,14-15H,4-5,8,13H2,1-3H3,(H,26,27). The predicted molar refractivity (Wildman–Crippen MR) is 118 cm³/mol. The number of carbonyl (C=O) groups is 2. The molecule has 0 aliphatic heterocycles. The van der Waals surface area contributed by atoms with Crippen molar-refractivity contribution in [2.75, 3.05) is 26.1 Å². The van der Waals surface area contributed by atoms with Crippen molar-refractivity contribution in [2.24, 2.45) is 0 Å². The average Bonchev–Trinajstić information content (AvgIpc) is 2.80. The monoisotopic (exact) mass is 422 g/mol. The minimum Gasteiger partial charge on any atom is -0.493 e. The summed E-state index contributed by atoms with van der Waals surface area (Å²) in [6.07, 6.45) is 4.59. The van der Waals surface area contributed by atoms with Crippen LogP contribution >= 0.6 is 0 Å². The molecule has 0 spiro atoms. The molecular weight excluding hydrogens is 396 g/mol. The Morgan fingerprint density at radius 2 is 1.87 bits per heavy atom. The van der Waals surface area contributed by atoms with Crippen LogP contribution < -0.4 is 14.8 Å². The van der Waals surface area contributed by atoms with Gasteiger partial charge in [0.15, 0.2) is 11.5 Å². The zero-order valence-electron chi connectivity index (χ0n) is 17.9. The number of para-hydroxylation sites is 1. The molecule has 0 saturated carbocycles. The Balaban J connectivity index is 2.20. The van der Waals surface area contributed by atoms with E-state index < -0.39 is 11.9 Å². The lowest BCUT2D eigenvalue weighted by atomic mass is 10.1. The Labute approximate surface area is 182 Å². The van der Waals surface area contributed by atoms with Gasteiger partial charge in [0, 0.05) is 0 Å². The zero-order chi connectivity index (χ0) is 22.6. The molecule has 7 heteroatoms. The molecule has 1 amide bonds. The fraction of sp³-hybridized carbons (Fsp3) is 0.292. The second kappa shape index (κ2) is 12.0. The summed E-state index contributed by atoms with van der Waals surface area (Å²) in [7, 11) is 2.79. The van der Waals surface area contributed by atoms with Gasteiger partial charge in [0.1, 0.15) is 11.6 Å². The van der Waals surface area contributed by atoms with Gasteiger partial charge in [0.2, 0.25) is 0 Å². The van der Waals surface area contributed by atoms with Gasteiger partial charge in [-0.2, -0.15) is 5.26 Å². The number of hydrogen-bond donors (Lipinski definition) is 1. The first-order valence-electron chi connectivity index (χ1n) is 9.95. The van der Waals surface area contributed by atoms with Crippen LogP contribution in [-0.4, -0.2) is 32.7 Å². The third-order valence-corrected chi connectivity index (χ3v) is 4.45. The van der Waals surface area contributed by atoms with Crippen LogP contribution in [0.5, 0.6) is 11.5 Å². The minimum absolute atomic E-state index is 0.127. The number of benzene rings is 2. The summed E-state index contributed by atoms with van der Waals surface area (Å²) in [5.41, 5.74) is 0.930. The highest BCUT2D eigenvalue weighted by Crippen LogP contribution is 2.29. The molecule has 0 unspecified atom stereocenters. The Bertz CT molecular complexity index is 992. The number of hydrogen-bond acceptors (Lipinski definition) is 6. The maximum absolute atomic E-state index is 12.6. The van der Waals surface area contributed by atoms with Crippen LogP contribution in [0.1, 0.15) is 42.1 Å². The van der Waals surface area contributed by atoms with Crippen molar-refractivity contribution < 1.29 is 23.8 Å². The van der Waals surface area contributed by atoms with Crippen molar-refractivity contribution in [1.29, 1.82) is 5.26 Å². The van der Waals surface area contributed by atoms with E-state index in [0.29, 0.717) is 23.7 Å². The Hall–Kier alpha value is -3.79. The van der Waals surface area contributed by atoms with Gasteiger partial charge >= 0.3 is 5.97 Å². The zero-order valence-corrected chi connectivity index (χ0v) is 17.9. The minimum atomic E-state index is -0.641. The molecule has 7 nitrogen and oxygen atoms in total. The molecular formula is C24H26N2O5. The van der Waals surface area contributed by atoms with Crippen LogP contribution in [0.25, 0.3) is 6.08 Å². The number of ether oxygens (including phenoxy) is 3. The van der Waals surface area contributed by atoms with Crippen LogP contribution in [0.15, 0.2) is 48.0 Å². The number of amides is 1. The van der Waals surface area contributed by atoms with Crippen molar-refractivity contribution in [1.82, 2.24) is 0 Å². The normalized spacial score (nSPS) is 10.7. The Morgan fingerprint density at radius 1 is 1.10 bits per heavy atom. The summed E-state index contributed by atoms with van der Waals surface area (Å²) in [6, 6.07) is 13.5. The van der Waals surface area contributed by atoms with Crippen LogP contribution in [0, 0.1) is 11.3 Å². The van der Waals surface area contributed by atoms with E-state index in [9.17, 15) is 14.9 Å². The van der Waals surface area contributed by atoms with E-state index in [4.69, 9.17) is 14.2 Å². The second-order valence-electron chi connectivity index (χ2n) is 6.63. The number of nitrogens with zero attached hydrogens (tertiary/aromatic N) is 1. The summed E-state index contributed by atoms with van der Waals surface area (Å²) in [5, 5.41) is 12.1. The molecule has 1 N–H and O–H groups in total. The van der Waals surface area contributed by atoms with E-state index in [-0.39, 0.29) is 16.8 Å². The maximum Gasteiger partial charge on any atom is 0.339 e. The molecule has 0 saturated heterocycles. The summed E-state index contributed by atoms with van der Waals surface area (Å²) in [6.45, 7) is 2.71. The molecule has 0 atom stereocenters. The molecule has 0 fully saturated rings. The number of unbranched alkanes of at least 4 members (excludes halogenated alkanes) is 2. The van der Waals surface area contributed by atoms with Crippen molar-refractivity contribution in [3.8, 4) is 17.6 Å². The van der Waals surface area contributed by atoms with Gasteiger partial charge in [-0.3, -0.25) is 4.79 Å². The van der Waals surface area contributed by atoms with E-state index in [1.165, 1.54) is 26.4 Å². The summed E-state index contributed by atoms with van der Waals surface area (Å²) in [5.74, 6) is -0.111. The SMILES string of the molecule is CCCCCOc1ccc(C=C(C#N)C(=O)Nc2ccccc2C(=O)OC)cc1OC. The summed E-state index contributed by atoms with van der Waals surface area (Å²) < 4.78 is 15.9. The topological polar surface area (TPSA) is 97.7 Å². The molecule has 0 radical (unpaired) electrons. The van der Waals surface area contributed by atoms with E-state index in [1.54, 1.807) is 36.4 Å². The number of carbonyl (C=O) groups excluding carboxylic acids is 2. The van der Waals surface area contributed by atoms with E-state index in [2.05, 4.69) is 12.2 Å². The van der Waals surface area contributed by atoms with Crippen molar-refractivity contribution >= 4 is 23.6 Å². The quantitative estimate of drug-likeness (QED) is 0.260. The lowest BCUT2D eigenvalue weighted by Gasteiger charge is -2.11. The Kier molecular flexibility index (Phi) is 9.12. The molecule has 2 rings (SSSR count). The van der Waals surface area contributed by atoms with E-state index in [0.717, 1.165) is 19.3 Å². The molecule has 2 aromatic carbocycles. The van der Waals surface area contributed by atoms with Crippen molar-refractivity contribution in [2.45, 2.75) is 26.2 Å². The molecule has 31 heavy (non-hydrogen) atoms. The third kappa shape index (κ3) is 6.61. The van der Waals surface area contributed by atoms with Crippen molar-refractivity contribution in [3.05, 3.63) is 59.2 Å². The summed E-state index contributed by atoms with van der Waals surface area (Å²) in [4.78, 5) is 24.5. The van der Waals surface area contributed by atoms with Gasteiger partial charge in [-0.25, -0.2) is 4.79 Å². The molecule has 0 aliphatic carbocycles. The molecule has 0 bridgehead atoms. The summed E-state index contributed by atoms with van der Waals surface area (Å²) >= 11 is 0. The van der Waals surface area contributed by atoms with Crippen LogP contribution in [-0.2, 0) is 9.53 Å². The second-order valence-corrected chi connectivity index (χ2v) is 6.63. The van der Waals surface area contributed by atoms with E-state index >= 15 is 0 Å². The highest BCUT2D eigenvalue weighted by molar-refractivity contribution is 6.12. The van der Waals surface area contributed by atoms with Crippen LogP contribution in [0.3, 0.4) is 0 Å². The highest BCUT2D eigenvalue weighted by atomic mass is 16.5. The fourth-order valence-corrected chi connectivity index (χ4v) is 2.81. The van der Waals surface area contributed by atoms with Gasteiger partial charge in [-0.05, 0) is 42.3 Å². The first-order valence-corrected chi connectivity index (χ1v) is 9.95. The molecule has 2 aromatic rings. The lowest BCUT2D eigenvalue weighted by Crippen LogP contribution is -2.16. The first-order chi connectivity index (χ1) is 15.0. The number of esters is 1. The van der Waals surface area contributed by atoms with Gasteiger partial charge in [-0.1, -0.05) is 38.0 Å². The maximum atomic E-state index is 12.6. The number of nitrogens with one attached hydrogen (secondary N) is 1. The number of anilines is 1. The van der Waals surface area contributed by atoms with Gasteiger partial charge in [0.25, 0.3) is 5.91 Å². The molecule has 162 valence electrons. The lowest BCUT2D eigenvalue weighted by molar-refractivity contribution is -0.112. The van der Waals surface area contributed by atoms with Crippen LogP contribution in [0.2, 0.25) is 0 Å². The first kappa shape index (κ1) is 23.5. The molecule has 0 heterocycles. The van der Waals surface area contributed by atoms with Crippen molar-refractivity contribution in [3.63, 3.8) is 0 Å². The number of rotatable bonds is 10. The van der Waals surface area contributed by atoms with Gasteiger partial charge in [0.05, 0.1) is 32.1 Å². The molecule has 0 aliphatic rings. The fourth-order valence-electron chi connectivity index (χ4n) is 2.81. The molecule has 0 aromatic heterocycles. The van der Waals surface area contributed by atoms with E-state index in [1.807, 2.05) is 6.07 Å². The van der Waals surface area contributed by atoms with Gasteiger partial charge in [-0.15, -0.1) is 0 Å². The smallest absolute Gasteiger partial charge is 0.339 e. The largest absolute Gasteiger partial charge is 0.493 e. The number of methoxy groups -OCH3 is 2.